The number of amides is 1. The number of carbonyl (C=O) groups is 2. The summed E-state index contributed by atoms with van der Waals surface area (Å²) in [4.78, 5) is 24.0. The third kappa shape index (κ3) is 5.42. The van der Waals surface area contributed by atoms with Crippen LogP contribution in [0.5, 0.6) is 11.5 Å². The summed E-state index contributed by atoms with van der Waals surface area (Å²) in [5.74, 6) is -0.726. The van der Waals surface area contributed by atoms with E-state index in [9.17, 15) is 18.4 Å². The van der Waals surface area contributed by atoms with Gasteiger partial charge in [-0.1, -0.05) is 30.7 Å². The Morgan fingerprint density at radius 2 is 1.88 bits per heavy atom. The number of rotatable bonds is 8. The van der Waals surface area contributed by atoms with Gasteiger partial charge in [-0.05, 0) is 30.3 Å². The van der Waals surface area contributed by atoms with Gasteiger partial charge in [0.1, 0.15) is 11.5 Å². The van der Waals surface area contributed by atoms with Crippen LogP contribution in [0.2, 0.25) is 5.02 Å². The van der Waals surface area contributed by atoms with Crippen LogP contribution in [-0.4, -0.2) is 24.9 Å². The lowest BCUT2D eigenvalue weighted by Gasteiger charge is -2.13. The molecule has 26 heavy (non-hydrogen) atoms. The third-order valence-corrected chi connectivity index (χ3v) is 3.53. The Hall–Kier alpha value is -2.67. The summed E-state index contributed by atoms with van der Waals surface area (Å²) in [5, 5.41) is 2.80. The molecule has 0 saturated heterocycles. The first kappa shape index (κ1) is 19.7. The molecule has 2 rings (SSSR count). The number of ether oxygens (including phenoxy) is 2. The van der Waals surface area contributed by atoms with Gasteiger partial charge in [0.15, 0.2) is 12.4 Å². The molecule has 0 aliphatic heterocycles. The predicted molar refractivity (Wildman–Crippen MR) is 93.3 cm³/mol. The highest BCUT2D eigenvalue weighted by atomic mass is 35.5. The van der Waals surface area contributed by atoms with Crippen LogP contribution in [0.15, 0.2) is 42.5 Å². The molecule has 2 aromatic carbocycles. The van der Waals surface area contributed by atoms with Crippen molar-refractivity contribution in [1.82, 2.24) is 0 Å². The molecule has 1 N–H and O–H groups in total. The van der Waals surface area contributed by atoms with Crippen LogP contribution in [0.3, 0.4) is 0 Å². The van der Waals surface area contributed by atoms with Crippen LogP contribution < -0.4 is 14.8 Å². The second-order valence-corrected chi connectivity index (χ2v) is 5.57. The minimum Gasteiger partial charge on any atom is -0.483 e. The van der Waals surface area contributed by atoms with Gasteiger partial charge in [0.25, 0.3) is 5.91 Å². The summed E-state index contributed by atoms with van der Waals surface area (Å²) in [6.45, 7) is -1.74. The minimum atomic E-state index is -3.01. The van der Waals surface area contributed by atoms with E-state index in [0.29, 0.717) is 5.02 Å². The van der Waals surface area contributed by atoms with Crippen LogP contribution in [0.1, 0.15) is 23.7 Å². The fourth-order valence-electron chi connectivity index (χ4n) is 2.13. The average molecular weight is 384 g/mol. The highest BCUT2D eigenvalue weighted by Gasteiger charge is 2.15. The van der Waals surface area contributed by atoms with Gasteiger partial charge in [0, 0.05) is 11.4 Å². The summed E-state index contributed by atoms with van der Waals surface area (Å²) in [6, 6.07) is 10.3. The number of benzene rings is 2. The number of nitrogens with one attached hydrogen (secondary N) is 1. The zero-order chi connectivity index (χ0) is 19.1. The maximum atomic E-state index is 12.4. The number of hydrogen-bond donors (Lipinski definition) is 1. The fourth-order valence-corrected chi connectivity index (χ4v) is 2.31. The van der Waals surface area contributed by atoms with Gasteiger partial charge in [-0.2, -0.15) is 8.78 Å². The number of halogens is 3. The van der Waals surface area contributed by atoms with E-state index >= 15 is 0 Å². The number of hydrogen-bond acceptors (Lipinski definition) is 4. The summed E-state index contributed by atoms with van der Waals surface area (Å²) < 4.78 is 34.5. The van der Waals surface area contributed by atoms with Crippen molar-refractivity contribution in [1.29, 1.82) is 0 Å². The standard InChI is InChI=1S/C18H16ClF2NO4/c1-2-14(23)12-9-11(19)7-8-15(12)25-10-17(24)22-13-5-3-4-6-16(13)26-18(20)21/h3-9,18H,2,10H2,1H3,(H,22,24). The second-order valence-electron chi connectivity index (χ2n) is 5.13. The Morgan fingerprint density at radius 3 is 2.58 bits per heavy atom. The molecule has 0 spiro atoms. The van der Waals surface area contributed by atoms with Crippen molar-refractivity contribution in [3.8, 4) is 11.5 Å². The maximum Gasteiger partial charge on any atom is 0.387 e. The number of ketones is 1. The first-order valence-electron chi connectivity index (χ1n) is 7.70. The molecule has 0 heterocycles. The molecule has 2 aromatic rings. The SMILES string of the molecule is CCC(=O)c1cc(Cl)ccc1OCC(=O)Nc1ccccc1OC(F)F. The van der Waals surface area contributed by atoms with Gasteiger partial charge in [0.2, 0.25) is 0 Å². The number of Topliss-reactive ketones (excluding diaryl/α,β-unsaturated/α-hetero) is 1. The molecule has 0 saturated carbocycles. The van der Waals surface area contributed by atoms with Crippen molar-refractivity contribution in [2.75, 3.05) is 11.9 Å². The smallest absolute Gasteiger partial charge is 0.387 e. The quantitative estimate of drug-likeness (QED) is 0.679. The highest BCUT2D eigenvalue weighted by Crippen LogP contribution is 2.26. The molecule has 138 valence electrons. The molecule has 0 unspecified atom stereocenters. The van der Waals surface area contributed by atoms with Crippen LogP contribution >= 0.6 is 11.6 Å². The Bertz CT molecular complexity index is 799. The molecule has 0 bridgehead atoms. The van der Waals surface area contributed by atoms with E-state index in [2.05, 4.69) is 10.1 Å². The van der Waals surface area contributed by atoms with E-state index in [1.54, 1.807) is 13.0 Å². The normalized spacial score (nSPS) is 10.5. The Labute approximate surface area is 153 Å². The van der Waals surface area contributed by atoms with Gasteiger partial charge in [-0.25, -0.2) is 0 Å². The van der Waals surface area contributed by atoms with Crippen molar-refractivity contribution in [3.63, 3.8) is 0 Å². The summed E-state index contributed by atoms with van der Waals surface area (Å²) in [7, 11) is 0. The van der Waals surface area contributed by atoms with E-state index in [1.807, 2.05) is 0 Å². The first-order valence-corrected chi connectivity index (χ1v) is 8.07. The molecule has 0 aliphatic carbocycles. The molecule has 0 aromatic heterocycles. The zero-order valence-corrected chi connectivity index (χ0v) is 14.6. The molecule has 0 fully saturated rings. The second kappa shape index (κ2) is 9.15. The Morgan fingerprint density at radius 1 is 1.15 bits per heavy atom. The van der Waals surface area contributed by atoms with E-state index in [4.69, 9.17) is 16.3 Å². The molecule has 1 amide bonds. The number of para-hydroxylation sites is 2. The van der Waals surface area contributed by atoms with Gasteiger partial charge < -0.3 is 14.8 Å². The molecule has 8 heteroatoms. The van der Waals surface area contributed by atoms with Crippen molar-refractivity contribution >= 4 is 29.0 Å². The van der Waals surface area contributed by atoms with Crippen molar-refractivity contribution < 1.29 is 27.8 Å². The zero-order valence-electron chi connectivity index (χ0n) is 13.8. The lowest BCUT2D eigenvalue weighted by molar-refractivity contribution is -0.118. The van der Waals surface area contributed by atoms with Gasteiger partial charge in [0.05, 0.1) is 11.3 Å². The van der Waals surface area contributed by atoms with Crippen LogP contribution in [-0.2, 0) is 4.79 Å². The molecule has 0 atom stereocenters. The Balaban J connectivity index is 2.05. The van der Waals surface area contributed by atoms with E-state index in [-0.39, 0.29) is 35.0 Å². The maximum absolute atomic E-state index is 12.4. The van der Waals surface area contributed by atoms with E-state index in [1.165, 1.54) is 36.4 Å². The van der Waals surface area contributed by atoms with Gasteiger partial charge >= 0.3 is 6.61 Å². The first-order chi connectivity index (χ1) is 12.4. The lowest BCUT2D eigenvalue weighted by atomic mass is 10.1. The number of carbonyl (C=O) groups excluding carboxylic acids is 2. The van der Waals surface area contributed by atoms with Crippen molar-refractivity contribution in [2.45, 2.75) is 20.0 Å². The van der Waals surface area contributed by atoms with Gasteiger partial charge in [-0.3, -0.25) is 9.59 Å². The monoisotopic (exact) mass is 383 g/mol. The van der Waals surface area contributed by atoms with Crippen LogP contribution in [0.25, 0.3) is 0 Å². The lowest BCUT2D eigenvalue weighted by Crippen LogP contribution is -2.21. The van der Waals surface area contributed by atoms with Gasteiger partial charge in [-0.15, -0.1) is 0 Å². The fraction of sp³-hybridized carbons (Fsp3) is 0.222. The Kier molecular flexibility index (Phi) is 6.91. The molecule has 5 nitrogen and oxygen atoms in total. The number of alkyl halides is 2. The number of anilines is 1. The molecule has 0 radical (unpaired) electrons. The topological polar surface area (TPSA) is 64.6 Å². The largest absolute Gasteiger partial charge is 0.483 e. The minimum absolute atomic E-state index is 0.0855. The van der Waals surface area contributed by atoms with Crippen molar-refractivity contribution in [3.05, 3.63) is 53.1 Å². The molecule has 0 aliphatic rings. The van der Waals surface area contributed by atoms with E-state index in [0.717, 1.165) is 0 Å². The van der Waals surface area contributed by atoms with E-state index < -0.39 is 19.1 Å². The van der Waals surface area contributed by atoms with Crippen LogP contribution in [0.4, 0.5) is 14.5 Å². The summed E-state index contributed by atoms with van der Waals surface area (Å²) in [5.41, 5.74) is 0.358. The summed E-state index contributed by atoms with van der Waals surface area (Å²) >= 11 is 5.88. The third-order valence-electron chi connectivity index (χ3n) is 3.30. The van der Waals surface area contributed by atoms with Crippen LogP contribution in [0, 0.1) is 0 Å². The summed E-state index contributed by atoms with van der Waals surface area (Å²) in [6.07, 6.45) is 0.251. The predicted octanol–water partition coefficient (Wildman–Crippen LogP) is 4.55. The van der Waals surface area contributed by atoms with Crippen molar-refractivity contribution in [2.24, 2.45) is 0 Å². The molecular weight excluding hydrogens is 368 g/mol. The molecular formula is C18H16ClF2NO4. The average Bonchev–Trinajstić information content (AvgIpc) is 2.61. The highest BCUT2D eigenvalue weighted by molar-refractivity contribution is 6.31.